The molecule has 1 aromatic carbocycles. The van der Waals surface area contributed by atoms with Gasteiger partial charge < -0.3 is 10.1 Å². The Bertz CT molecular complexity index is 712. The fourth-order valence-corrected chi connectivity index (χ4v) is 3.14. The Morgan fingerprint density at radius 2 is 2.26 bits per heavy atom. The van der Waals surface area contributed by atoms with Crippen molar-refractivity contribution in [1.82, 2.24) is 9.55 Å². The Hall–Kier alpha value is -1.69. The fourth-order valence-electron chi connectivity index (χ4n) is 2.37. The lowest BCUT2D eigenvalue weighted by Gasteiger charge is -2.12. The standard InChI is InChI=1S/C13H14N2O3S/c1-19-13(5-6-13)7-15-9-4-2-3-8(11(16)17)10(9)14-12(15)18/h2-4H,5-7H2,1H3,(H,14,18)(H,16,17). The number of nitrogens with one attached hydrogen (secondary N) is 1. The summed E-state index contributed by atoms with van der Waals surface area (Å²) in [6, 6.07) is 4.97. The molecule has 3 rings (SSSR count). The van der Waals surface area contributed by atoms with Crippen molar-refractivity contribution in [3.8, 4) is 0 Å². The molecule has 0 radical (unpaired) electrons. The van der Waals surface area contributed by atoms with Gasteiger partial charge in [-0.25, -0.2) is 9.59 Å². The fraction of sp³-hybridized carbons (Fsp3) is 0.385. The summed E-state index contributed by atoms with van der Waals surface area (Å²) in [5.41, 5.74) is 0.994. The van der Waals surface area contributed by atoms with E-state index in [0.717, 1.165) is 12.8 Å². The zero-order valence-electron chi connectivity index (χ0n) is 10.5. The van der Waals surface area contributed by atoms with Crippen molar-refractivity contribution < 1.29 is 9.90 Å². The van der Waals surface area contributed by atoms with Crippen LogP contribution in [-0.2, 0) is 6.54 Å². The van der Waals surface area contributed by atoms with Crippen LogP contribution >= 0.6 is 11.8 Å². The summed E-state index contributed by atoms with van der Waals surface area (Å²) in [5, 5.41) is 9.14. The van der Waals surface area contributed by atoms with Gasteiger partial charge in [-0.1, -0.05) is 6.07 Å². The maximum Gasteiger partial charge on any atom is 0.337 e. The van der Waals surface area contributed by atoms with E-state index >= 15 is 0 Å². The van der Waals surface area contributed by atoms with Crippen molar-refractivity contribution in [2.45, 2.75) is 24.1 Å². The van der Waals surface area contributed by atoms with E-state index in [4.69, 9.17) is 5.11 Å². The molecule has 1 aliphatic rings. The molecular formula is C13H14N2O3S. The highest BCUT2D eigenvalue weighted by atomic mass is 32.2. The average molecular weight is 278 g/mol. The van der Waals surface area contributed by atoms with Gasteiger partial charge in [0.2, 0.25) is 0 Å². The van der Waals surface area contributed by atoms with Crippen molar-refractivity contribution in [3.63, 3.8) is 0 Å². The van der Waals surface area contributed by atoms with Gasteiger partial charge in [0.25, 0.3) is 0 Å². The van der Waals surface area contributed by atoms with Crippen molar-refractivity contribution in [2.24, 2.45) is 0 Å². The van der Waals surface area contributed by atoms with Gasteiger partial charge in [-0.15, -0.1) is 0 Å². The summed E-state index contributed by atoms with van der Waals surface area (Å²) in [6.45, 7) is 0.635. The predicted octanol–water partition coefficient (Wildman–Crippen LogP) is 1.92. The van der Waals surface area contributed by atoms with Crippen molar-refractivity contribution in [1.29, 1.82) is 0 Å². The van der Waals surface area contributed by atoms with E-state index in [9.17, 15) is 9.59 Å². The van der Waals surface area contributed by atoms with Crippen molar-refractivity contribution in [3.05, 3.63) is 34.2 Å². The molecule has 0 aliphatic heterocycles. The van der Waals surface area contributed by atoms with Gasteiger partial charge in [-0.3, -0.25) is 4.57 Å². The molecule has 0 spiro atoms. The number of imidazole rings is 1. The first kappa shape index (κ1) is 12.3. The van der Waals surface area contributed by atoms with Crippen LogP contribution in [0.3, 0.4) is 0 Å². The Morgan fingerprint density at radius 1 is 1.53 bits per heavy atom. The van der Waals surface area contributed by atoms with Crippen LogP contribution < -0.4 is 5.69 Å². The molecule has 0 saturated heterocycles. The van der Waals surface area contributed by atoms with Crippen LogP contribution in [-0.4, -0.2) is 31.6 Å². The first-order valence-corrected chi connectivity index (χ1v) is 7.29. The molecule has 0 atom stereocenters. The van der Waals surface area contributed by atoms with Crippen LogP contribution in [0.5, 0.6) is 0 Å². The molecule has 1 aromatic heterocycles. The number of benzene rings is 1. The normalized spacial score (nSPS) is 16.7. The van der Waals surface area contributed by atoms with Crippen LogP contribution in [0.1, 0.15) is 23.2 Å². The molecular weight excluding hydrogens is 264 g/mol. The Labute approximate surface area is 113 Å². The lowest BCUT2D eigenvalue weighted by molar-refractivity contribution is 0.0699. The third kappa shape index (κ3) is 1.96. The van der Waals surface area contributed by atoms with E-state index < -0.39 is 5.97 Å². The van der Waals surface area contributed by atoms with Gasteiger partial charge in [0.15, 0.2) is 0 Å². The maximum atomic E-state index is 12.0. The topological polar surface area (TPSA) is 75.1 Å². The summed E-state index contributed by atoms with van der Waals surface area (Å²) in [4.78, 5) is 25.9. The number of aromatic nitrogens is 2. The minimum atomic E-state index is -1.02. The number of thioether (sulfide) groups is 1. The molecule has 2 N–H and O–H groups in total. The van der Waals surface area contributed by atoms with Crippen molar-refractivity contribution in [2.75, 3.05) is 6.26 Å². The minimum absolute atomic E-state index is 0.141. The first-order valence-electron chi connectivity index (χ1n) is 6.06. The summed E-state index contributed by atoms with van der Waals surface area (Å²) >= 11 is 1.77. The zero-order chi connectivity index (χ0) is 13.6. The monoisotopic (exact) mass is 278 g/mol. The third-order valence-electron chi connectivity index (χ3n) is 3.73. The number of aromatic amines is 1. The highest BCUT2D eigenvalue weighted by Gasteiger charge is 2.42. The molecule has 1 saturated carbocycles. The van der Waals surface area contributed by atoms with Gasteiger partial charge in [-0.2, -0.15) is 11.8 Å². The van der Waals surface area contributed by atoms with Gasteiger partial charge in [-0.05, 0) is 31.2 Å². The van der Waals surface area contributed by atoms with Gasteiger partial charge in [0.1, 0.15) is 0 Å². The lowest BCUT2D eigenvalue weighted by Crippen LogP contribution is -2.23. The Morgan fingerprint density at radius 3 is 2.84 bits per heavy atom. The molecule has 1 heterocycles. The number of rotatable bonds is 4. The number of H-pyrrole nitrogens is 1. The van der Waals surface area contributed by atoms with Gasteiger partial charge in [0, 0.05) is 11.3 Å². The summed E-state index contributed by atoms with van der Waals surface area (Å²) in [7, 11) is 0. The molecule has 0 amide bonds. The number of nitrogens with zero attached hydrogens (tertiary/aromatic N) is 1. The van der Waals surface area contributed by atoms with Crippen LogP contribution in [0.15, 0.2) is 23.0 Å². The molecule has 5 nitrogen and oxygen atoms in total. The summed E-state index contributed by atoms with van der Waals surface area (Å²) in [5.74, 6) is -1.02. The third-order valence-corrected chi connectivity index (χ3v) is 5.13. The number of carboxylic acids is 1. The molecule has 1 aliphatic carbocycles. The van der Waals surface area contributed by atoms with Crippen LogP contribution in [0.4, 0.5) is 0 Å². The van der Waals surface area contributed by atoms with Gasteiger partial charge >= 0.3 is 11.7 Å². The second-order valence-electron chi connectivity index (χ2n) is 4.91. The second-order valence-corrected chi connectivity index (χ2v) is 6.18. The summed E-state index contributed by atoms with van der Waals surface area (Å²) in [6.07, 6.45) is 4.26. The minimum Gasteiger partial charge on any atom is -0.478 e. The van der Waals surface area contributed by atoms with E-state index in [1.54, 1.807) is 28.5 Å². The van der Waals surface area contributed by atoms with E-state index in [1.807, 2.05) is 0 Å². The molecule has 0 bridgehead atoms. The SMILES string of the molecule is CSC1(Cn2c(=O)[nH]c3c(C(=O)O)cccc32)CC1. The number of hydrogen-bond acceptors (Lipinski definition) is 3. The zero-order valence-corrected chi connectivity index (χ0v) is 11.3. The number of carboxylic acid groups (broad SMARTS) is 1. The highest BCUT2D eigenvalue weighted by molar-refractivity contribution is 8.00. The van der Waals surface area contributed by atoms with E-state index in [2.05, 4.69) is 11.2 Å². The Balaban J connectivity index is 2.15. The molecule has 19 heavy (non-hydrogen) atoms. The largest absolute Gasteiger partial charge is 0.478 e. The Kier molecular flexibility index (Phi) is 2.70. The van der Waals surface area contributed by atoms with Crippen LogP contribution in [0.25, 0.3) is 11.0 Å². The molecule has 100 valence electrons. The van der Waals surface area contributed by atoms with Crippen LogP contribution in [0, 0.1) is 0 Å². The highest BCUT2D eigenvalue weighted by Crippen LogP contribution is 2.48. The van der Waals surface area contributed by atoms with Crippen molar-refractivity contribution >= 4 is 28.8 Å². The smallest absolute Gasteiger partial charge is 0.337 e. The second kappa shape index (κ2) is 4.16. The maximum absolute atomic E-state index is 12.0. The van der Waals surface area contributed by atoms with Crippen LogP contribution in [0.2, 0.25) is 0 Å². The van der Waals surface area contributed by atoms with E-state index in [1.165, 1.54) is 6.07 Å². The van der Waals surface area contributed by atoms with Gasteiger partial charge in [0.05, 0.1) is 16.6 Å². The molecule has 6 heteroatoms. The lowest BCUT2D eigenvalue weighted by atomic mass is 10.2. The quantitative estimate of drug-likeness (QED) is 0.896. The summed E-state index contributed by atoms with van der Waals surface area (Å²) < 4.78 is 1.81. The number of fused-ring (bicyclic) bond motifs is 1. The average Bonchev–Trinajstić information content (AvgIpc) is 3.09. The predicted molar refractivity (Wildman–Crippen MR) is 75.0 cm³/mol. The number of hydrogen-bond donors (Lipinski definition) is 2. The van der Waals surface area contributed by atoms with E-state index in [-0.39, 0.29) is 16.0 Å². The molecule has 1 fully saturated rings. The first-order chi connectivity index (χ1) is 9.06. The number of aromatic carboxylic acids is 1. The molecule has 0 unspecified atom stereocenters. The number of para-hydroxylation sites is 1. The molecule has 2 aromatic rings. The van der Waals surface area contributed by atoms with E-state index in [0.29, 0.717) is 17.6 Å². The number of carbonyl (C=O) groups is 1.